The minimum Gasteiger partial charge on any atom is -0.388 e. The highest BCUT2D eigenvalue weighted by molar-refractivity contribution is 6.30. The number of halogens is 1. The van der Waals surface area contributed by atoms with Crippen molar-refractivity contribution in [2.24, 2.45) is 5.92 Å². The third-order valence-corrected chi connectivity index (χ3v) is 3.68. The van der Waals surface area contributed by atoms with Crippen LogP contribution in [0, 0.1) is 5.92 Å². The van der Waals surface area contributed by atoms with Crippen molar-refractivity contribution in [3.05, 3.63) is 34.9 Å². The lowest BCUT2D eigenvalue weighted by Gasteiger charge is -2.23. The number of benzene rings is 1. The third-order valence-electron chi connectivity index (χ3n) is 3.43. The van der Waals surface area contributed by atoms with Gasteiger partial charge < -0.3 is 15.7 Å². The number of carbonyl (C=O) groups is 1. The van der Waals surface area contributed by atoms with E-state index in [9.17, 15) is 9.90 Å². The first-order valence-electron chi connectivity index (χ1n) is 6.46. The van der Waals surface area contributed by atoms with Gasteiger partial charge in [-0.3, -0.25) is 0 Å². The van der Waals surface area contributed by atoms with E-state index in [1.165, 1.54) is 0 Å². The maximum Gasteiger partial charge on any atom is 0.315 e. The Hall–Kier alpha value is -1.26. The predicted octanol–water partition coefficient (Wildman–Crippen LogP) is 2.30. The monoisotopic (exact) mass is 282 g/mol. The van der Waals surface area contributed by atoms with Gasteiger partial charge >= 0.3 is 6.03 Å². The smallest absolute Gasteiger partial charge is 0.315 e. The highest BCUT2D eigenvalue weighted by atomic mass is 35.5. The molecule has 0 bridgehead atoms. The van der Waals surface area contributed by atoms with Crippen molar-refractivity contribution in [3.8, 4) is 0 Å². The topological polar surface area (TPSA) is 61.4 Å². The van der Waals surface area contributed by atoms with Gasteiger partial charge in [-0.25, -0.2) is 4.79 Å². The second-order valence-corrected chi connectivity index (χ2v) is 5.73. The van der Waals surface area contributed by atoms with Crippen LogP contribution in [0.4, 0.5) is 4.79 Å². The maximum absolute atomic E-state index is 11.6. The quantitative estimate of drug-likeness (QED) is 0.776. The van der Waals surface area contributed by atoms with E-state index in [-0.39, 0.29) is 12.6 Å². The molecule has 1 aromatic rings. The Labute approximate surface area is 118 Å². The van der Waals surface area contributed by atoms with Crippen molar-refractivity contribution >= 4 is 17.6 Å². The van der Waals surface area contributed by atoms with E-state index in [0.29, 0.717) is 17.5 Å². The lowest BCUT2D eigenvalue weighted by Crippen LogP contribution is -2.45. The Kier molecular flexibility index (Phi) is 4.32. The number of amides is 2. The van der Waals surface area contributed by atoms with Crippen LogP contribution in [-0.2, 0) is 6.54 Å². The number of urea groups is 1. The number of hydrogen-bond acceptors (Lipinski definition) is 2. The molecule has 0 heterocycles. The molecule has 0 aliphatic heterocycles. The summed E-state index contributed by atoms with van der Waals surface area (Å²) in [5, 5.41) is 16.2. The van der Waals surface area contributed by atoms with E-state index in [0.717, 1.165) is 18.4 Å². The van der Waals surface area contributed by atoms with E-state index >= 15 is 0 Å². The van der Waals surface area contributed by atoms with Crippen molar-refractivity contribution in [3.63, 3.8) is 0 Å². The minimum atomic E-state index is -0.794. The fourth-order valence-electron chi connectivity index (χ4n) is 1.96. The van der Waals surface area contributed by atoms with Gasteiger partial charge in [0.25, 0.3) is 0 Å². The molecule has 0 spiro atoms. The fourth-order valence-corrected chi connectivity index (χ4v) is 2.08. The van der Waals surface area contributed by atoms with E-state index in [1.54, 1.807) is 19.1 Å². The van der Waals surface area contributed by atoms with Crippen LogP contribution in [0.3, 0.4) is 0 Å². The van der Waals surface area contributed by atoms with Gasteiger partial charge in [-0.05, 0) is 43.4 Å². The van der Waals surface area contributed by atoms with E-state index in [1.807, 2.05) is 12.1 Å². The average molecular weight is 283 g/mol. The van der Waals surface area contributed by atoms with Crippen LogP contribution in [0.15, 0.2) is 24.3 Å². The largest absolute Gasteiger partial charge is 0.388 e. The second kappa shape index (κ2) is 5.80. The molecule has 1 aromatic carbocycles. The van der Waals surface area contributed by atoms with Crippen LogP contribution in [-0.4, -0.2) is 23.3 Å². The summed E-state index contributed by atoms with van der Waals surface area (Å²) in [5.41, 5.74) is 0.186. The molecular weight excluding hydrogens is 264 g/mol. The van der Waals surface area contributed by atoms with Gasteiger partial charge in [0.15, 0.2) is 0 Å². The number of rotatable bonds is 5. The van der Waals surface area contributed by atoms with Crippen LogP contribution in [0.25, 0.3) is 0 Å². The number of carbonyl (C=O) groups excluding carboxylic acids is 1. The molecule has 2 rings (SSSR count). The maximum atomic E-state index is 11.6. The normalized spacial score (nSPS) is 17.6. The Balaban J connectivity index is 1.71. The first-order valence-corrected chi connectivity index (χ1v) is 6.84. The molecular formula is C14H19ClN2O2. The zero-order chi connectivity index (χ0) is 13.9. The zero-order valence-electron chi connectivity index (χ0n) is 10.9. The molecule has 1 aliphatic carbocycles. The molecule has 1 fully saturated rings. The lowest BCUT2D eigenvalue weighted by atomic mass is 10.0. The summed E-state index contributed by atoms with van der Waals surface area (Å²) in [7, 11) is 0. The Morgan fingerprint density at radius 1 is 1.37 bits per heavy atom. The molecule has 1 saturated carbocycles. The predicted molar refractivity (Wildman–Crippen MR) is 75.0 cm³/mol. The van der Waals surface area contributed by atoms with Crippen molar-refractivity contribution in [1.29, 1.82) is 0 Å². The Morgan fingerprint density at radius 2 is 2.00 bits per heavy atom. The molecule has 1 atom stereocenters. The summed E-state index contributed by atoms with van der Waals surface area (Å²) in [4.78, 5) is 11.6. The molecule has 3 N–H and O–H groups in total. The van der Waals surface area contributed by atoms with Gasteiger partial charge in [-0.1, -0.05) is 23.7 Å². The van der Waals surface area contributed by atoms with Crippen LogP contribution < -0.4 is 10.6 Å². The zero-order valence-corrected chi connectivity index (χ0v) is 11.7. The molecule has 0 radical (unpaired) electrons. The Morgan fingerprint density at radius 3 is 2.58 bits per heavy atom. The molecule has 2 amide bonds. The number of nitrogens with one attached hydrogen (secondary N) is 2. The van der Waals surface area contributed by atoms with Gasteiger partial charge in [0.2, 0.25) is 0 Å². The van der Waals surface area contributed by atoms with E-state index < -0.39 is 5.60 Å². The SMILES string of the molecule is C[C@](O)(CNC(=O)NCc1ccc(Cl)cc1)C1CC1. The van der Waals surface area contributed by atoms with E-state index in [4.69, 9.17) is 11.6 Å². The van der Waals surface area contributed by atoms with Crippen LogP contribution in [0.1, 0.15) is 25.3 Å². The third kappa shape index (κ3) is 4.40. The van der Waals surface area contributed by atoms with Gasteiger partial charge in [-0.2, -0.15) is 0 Å². The minimum absolute atomic E-state index is 0.268. The van der Waals surface area contributed by atoms with Crippen LogP contribution in [0.2, 0.25) is 5.02 Å². The summed E-state index contributed by atoms with van der Waals surface area (Å²) in [6.45, 7) is 2.49. The molecule has 0 unspecified atom stereocenters. The fraction of sp³-hybridized carbons (Fsp3) is 0.500. The highest BCUT2D eigenvalue weighted by Gasteiger charge is 2.39. The molecule has 19 heavy (non-hydrogen) atoms. The summed E-state index contributed by atoms with van der Waals surface area (Å²) in [6.07, 6.45) is 2.09. The molecule has 5 heteroatoms. The summed E-state index contributed by atoms with van der Waals surface area (Å²) in [6, 6.07) is 7.03. The molecule has 0 saturated heterocycles. The first kappa shape index (κ1) is 14.2. The molecule has 4 nitrogen and oxygen atoms in total. The van der Waals surface area contributed by atoms with Crippen molar-refractivity contribution in [2.75, 3.05) is 6.54 Å². The summed E-state index contributed by atoms with van der Waals surface area (Å²) >= 11 is 5.78. The number of aliphatic hydroxyl groups is 1. The number of hydrogen-bond donors (Lipinski definition) is 3. The molecule has 1 aliphatic rings. The molecule has 104 valence electrons. The van der Waals surface area contributed by atoms with Gasteiger partial charge in [0.1, 0.15) is 0 Å². The van der Waals surface area contributed by atoms with Gasteiger partial charge in [0, 0.05) is 18.1 Å². The van der Waals surface area contributed by atoms with E-state index in [2.05, 4.69) is 10.6 Å². The summed E-state index contributed by atoms with van der Waals surface area (Å²) < 4.78 is 0. The van der Waals surface area contributed by atoms with Crippen LogP contribution in [0.5, 0.6) is 0 Å². The van der Waals surface area contributed by atoms with Gasteiger partial charge in [0.05, 0.1) is 5.60 Å². The van der Waals surface area contributed by atoms with Crippen LogP contribution >= 0.6 is 11.6 Å². The first-order chi connectivity index (χ1) is 8.97. The standard InChI is InChI=1S/C14H19ClN2O2/c1-14(19,11-4-5-11)9-17-13(18)16-8-10-2-6-12(15)7-3-10/h2-3,6-7,11,19H,4-5,8-9H2,1H3,(H2,16,17,18)/t14-/m0/s1. The van der Waals surface area contributed by atoms with Crippen molar-refractivity contribution < 1.29 is 9.90 Å². The highest BCUT2D eigenvalue weighted by Crippen LogP contribution is 2.38. The van der Waals surface area contributed by atoms with Crippen molar-refractivity contribution in [1.82, 2.24) is 10.6 Å². The average Bonchev–Trinajstić information content (AvgIpc) is 3.20. The van der Waals surface area contributed by atoms with Crippen molar-refractivity contribution in [2.45, 2.75) is 31.9 Å². The lowest BCUT2D eigenvalue weighted by molar-refractivity contribution is 0.0394. The second-order valence-electron chi connectivity index (χ2n) is 5.29. The van der Waals surface area contributed by atoms with Gasteiger partial charge in [-0.15, -0.1) is 0 Å². The molecule has 0 aromatic heterocycles. The summed E-state index contributed by atoms with van der Waals surface area (Å²) in [5.74, 6) is 0.323. The Bertz CT molecular complexity index is 441.